The standard InChI is InChI=1S/C10H19N3O5/c1-10(2,3)18-13-5-8(15)11-4-7(14)12-6-9(16)17/h13H,4-6H2,1-3H3,(H,11,15)(H,12,14)(H,16,17). The summed E-state index contributed by atoms with van der Waals surface area (Å²) in [5.74, 6) is -2.14. The molecule has 0 aliphatic rings. The van der Waals surface area contributed by atoms with Crippen LogP contribution < -0.4 is 16.1 Å². The van der Waals surface area contributed by atoms with Gasteiger partial charge in [0.1, 0.15) is 6.54 Å². The van der Waals surface area contributed by atoms with Gasteiger partial charge in [0.15, 0.2) is 0 Å². The van der Waals surface area contributed by atoms with Gasteiger partial charge in [-0.15, -0.1) is 0 Å². The van der Waals surface area contributed by atoms with Gasteiger partial charge in [-0.2, -0.15) is 5.48 Å². The molecule has 0 aromatic heterocycles. The van der Waals surface area contributed by atoms with Crippen molar-refractivity contribution in [3.8, 4) is 0 Å². The third-order valence-corrected chi connectivity index (χ3v) is 1.49. The second-order valence-electron chi connectivity index (χ2n) is 4.48. The predicted octanol–water partition coefficient (Wildman–Crippen LogP) is -1.38. The molecule has 0 bridgehead atoms. The first-order valence-corrected chi connectivity index (χ1v) is 5.37. The lowest BCUT2D eigenvalue weighted by molar-refractivity contribution is -0.137. The van der Waals surface area contributed by atoms with Crippen molar-refractivity contribution in [1.82, 2.24) is 16.1 Å². The van der Waals surface area contributed by atoms with E-state index in [1.54, 1.807) is 0 Å². The normalized spacial score (nSPS) is 10.8. The summed E-state index contributed by atoms with van der Waals surface area (Å²) in [4.78, 5) is 37.5. The molecule has 2 amide bonds. The summed E-state index contributed by atoms with van der Waals surface area (Å²) in [6, 6.07) is 0. The zero-order valence-electron chi connectivity index (χ0n) is 10.7. The molecule has 0 fully saturated rings. The van der Waals surface area contributed by atoms with E-state index >= 15 is 0 Å². The van der Waals surface area contributed by atoms with Crippen molar-refractivity contribution in [1.29, 1.82) is 0 Å². The van der Waals surface area contributed by atoms with E-state index < -0.39 is 29.9 Å². The minimum Gasteiger partial charge on any atom is -0.480 e. The van der Waals surface area contributed by atoms with Crippen LogP contribution in [0.15, 0.2) is 0 Å². The molecule has 0 saturated carbocycles. The number of carbonyl (C=O) groups excluding carboxylic acids is 2. The van der Waals surface area contributed by atoms with Crippen LogP contribution in [0.2, 0.25) is 0 Å². The number of hydroxylamine groups is 1. The molecule has 0 saturated heterocycles. The first-order chi connectivity index (χ1) is 8.20. The molecule has 104 valence electrons. The third-order valence-electron chi connectivity index (χ3n) is 1.49. The number of hydrogen-bond acceptors (Lipinski definition) is 5. The Morgan fingerprint density at radius 3 is 2.00 bits per heavy atom. The van der Waals surface area contributed by atoms with Gasteiger partial charge in [-0.3, -0.25) is 19.2 Å². The second-order valence-corrected chi connectivity index (χ2v) is 4.48. The summed E-state index contributed by atoms with van der Waals surface area (Å²) in [6.45, 7) is 4.61. The first-order valence-electron chi connectivity index (χ1n) is 5.37. The fourth-order valence-electron chi connectivity index (χ4n) is 0.796. The molecule has 18 heavy (non-hydrogen) atoms. The van der Waals surface area contributed by atoms with Gasteiger partial charge in [0.25, 0.3) is 0 Å². The number of carbonyl (C=O) groups is 3. The molecule has 0 unspecified atom stereocenters. The van der Waals surface area contributed by atoms with Gasteiger partial charge in [0.2, 0.25) is 11.8 Å². The Labute approximate surface area is 105 Å². The SMILES string of the molecule is CC(C)(C)ONCC(=O)NCC(=O)NCC(=O)O. The summed E-state index contributed by atoms with van der Waals surface area (Å²) < 4.78 is 0. The molecule has 0 radical (unpaired) electrons. The Bertz CT molecular complexity index is 311. The highest BCUT2D eigenvalue weighted by Crippen LogP contribution is 2.02. The maximum absolute atomic E-state index is 11.2. The monoisotopic (exact) mass is 261 g/mol. The highest BCUT2D eigenvalue weighted by Gasteiger charge is 2.11. The summed E-state index contributed by atoms with van der Waals surface area (Å²) in [5, 5.41) is 12.7. The second kappa shape index (κ2) is 7.62. The average molecular weight is 261 g/mol. The molecule has 0 atom stereocenters. The summed E-state index contributed by atoms with van der Waals surface area (Å²) in [5.41, 5.74) is 2.04. The number of carboxylic acids is 1. The summed E-state index contributed by atoms with van der Waals surface area (Å²) >= 11 is 0. The van der Waals surface area contributed by atoms with E-state index in [1.807, 2.05) is 20.8 Å². The van der Waals surface area contributed by atoms with Crippen LogP contribution in [0.3, 0.4) is 0 Å². The molecular formula is C10H19N3O5. The van der Waals surface area contributed by atoms with Gasteiger partial charge in [-0.25, -0.2) is 0 Å². The van der Waals surface area contributed by atoms with Crippen LogP contribution in [0.5, 0.6) is 0 Å². The van der Waals surface area contributed by atoms with Gasteiger partial charge >= 0.3 is 5.97 Å². The molecule has 0 heterocycles. The van der Waals surface area contributed by atoms with Gasteiger partial charge in [0.05, 0.1) is 18.7 Å². The first kappa shape index (κ1) is 16.3. The van der Waals surface area contributed by atoms with E-state index in [9.17, 15) is 14.4 Å². The van der Waals surface area contributed by atoms with E-state index in [0.717, 1.165) is 0 Å². The van der Waals surface area contributed by atoms with Crippen LogP contribution in [0.1, 0.15) is 20.8 Å². The molecule has 8 heteroatoms. The van der Waals surface area contributed by atoms with Crippen molar-refractivity contribution < 1.29 is 24.3 Å². The molecule has 4 N–H and O–H groups in total. The molecule has 0 rings (SSSR count). The maximum atomic E-state index is 11.2. The number of nitrogens with one attached hydrogen (secondary N) is 3. The van der Waals surface area contributed by atoms with Crippen molar-refractivity contribution >= 4 is 17.8 Å². The lowest BCUT2D eigenvalue weighted by Crippen LogP contribution is -2.43. The topological polar surface area (TPSA) is 117 Å². The van der Waals surface area contributed by atoms with Gasteiger partial charge in [0, 0.05) is 0 Å². The summed E-state index contributed by atoms with van der Waals surface area (Å²) in [7, 11) is 0. The minimum atomic E-state index is -1.14. The van der Waals surface area contributed by atoms with Crippen molar-refractivity contribution in [2.75, 3.05) is 19.6 Å². The van der Waals surface area contributed by atoms with Crippen LogP contribution in [-0.4, -0.2) is 48.1 Å². The minimum absolute atomic E-state index is 0.0938. The Morgan fingerprint density at radius 2 is 1.50 bits per heavy atom. The van der Waals surface area contributed by atoms with Crippen molar-refractivity contribution in [2.45, 2.75) is 26.4 Å². The van der Waals surface area contributed by atoms with Crippen molar-refractivity contribution in [3.05, 3.63) is 0 Å². The molecule has 0 aromatic carbocycles. The number of amides is 2. The van der Waals surface area contributed by atoms with E-state index in [0.29, 0.717) is 0 Å². The predicted molar refractivity (Wildman–Crippen MR) is 62.5 cm³/mol. The Morgan fingerprint density at radius 1 is 1.00 bits per heavy atom. The van der Waals surface area contributed by atoms with E-state index in [1.165, 1.54) is 0 Å². The smallest absolute Gasteiger partial charge is 0.322 e. The van der Waals surface area contributed by atoms with Crippen LogP contribution >= 0.6 is 0 Å². The van der Waals surface area contributed by atoms with Crippen LogP contribution in [0, 0.1) is 0 Å². The van der Waals surface area contributed by atoms with Crippen molar-refractivity contribution in [3.63, 3.8) is 0 Å². The molecule has 8 nitrogen and oxygen atoms in total. The molecule has 0 aliphatic carbocycles. The number of hydrogen-bond donors (Lipinski definition) is 4. The van der Waals surface area contributed by atoms with E-state index in [4.69, 9.17) is 9.94 Å². The summed E-state index contributed by atoms with van der Waals surface area (Å²) in [6.07, 6.45) is 0. The largest absolute Gasteiger partial charge is 0.480 e. The number of aliphatic carboxylic acids is 1. The van der Waals surface area contributed by atoms with Crippen molar-refractivity contribution in [2.24, 2.45) is 0 Å². The Balaban J connectivity index is 3.64. The molecule has 0 aromatic rings. The highest BCUT2D eigenvalue weighted by molar-refractivity contribution is 5.87. The van der Waals surface area contributed by atoms with Crippen LogP contribution in [0.25, 0.3) is 0 Å². The van der Waals surface area contributed by atoms with Gasteiger partial charge < -0.3 is 15.7 Å². The van der Waals surface area contributed by atoms with Crippen LogP contribution in [0.4, 0.5) is 0 Å². The lowest BCUT2D eigenvalue weighted by Gasteiger charge is -2.18. The highest BCUT2D eigenvalue weighted by atomic mass is 16.7. The Kier molecular flexibility index (Phi) is 6.91. The van der Waals surface area contributed by atoms with Gasteiger partial charge in [-0.1, -0.05) is 0 Å². The number of rotatable bonds is 7. The lowest BCUT2D eigenvalue weighted by atomic mass is 10.2. The Hall–Kier alpha value is -1.67. The molecular weight excluding hydrogens is 242 g/mol. The molecule has 0 spiro atoms. The third kappa shape index (κ3) is 10.8. The van der Waals surface area contributed by atoms with E-state index in [-0.39, 0.29) is 13.1 Å². The van der Waals surface area contributed by atoms with Crippen LogP contribution in [-0.2, 0) is 19.2 Å². The fourth-order valence-corrected chi connectivity index (χ4v) is 0.796. The zero-order valence-corrected chi connectivity index (χ0v) is 10.7. The van der Waals surface area contributed by atoms with E-state index in [2.05, 4.69) is 16.1 Å². The maximum Gasteiger partial charge on any atom is 0.322 e. The average Bonchev–Trinajstić information content (AvgIpc) is 2.21. The van der Waals surface area contributed by atoms with Gasteiger partial charge in [-0.05, 0) is 20.8 Å². The number of carboxylic acid groups (broad SMARTS) is 1. The zero-order chi connectivity index (χ0) is 14.2. The quantitative estimate of drug-likeness (QED) is 0.420. The molecule has 0 aliphatic heterocycles. The fraction of sp³-hybridized carbons (Fsp3) is 0.700.